The van der Waals surface area contributed by atoms with Crippen molar-refractivity contribution in [2.24, 2.45) is 0 Å². The van der Waals surface area contributed by atoms with Gasteiger partial charge in [-0.1, -0.05) is 58.0 Å². The van der Waals surface area contributed by atoms with Crippen molar-refractivity contribution in [2.75, 3.05) is 18.4 Å². The third kappa shape index (κ3) is 6.23. The first-order valence-electron chi connectivity index (χ1n) is 12.0. The summed E-state index contributed by atoms with van der Waals surface area (Å²) in [5.41, 5.74) is 3.06. The second-order valence-electron chi connectivity index (χ2n) is 7.42. The molecule has 0 radical (unpaired) electrons. The number of nitrogens with one attached hydrogen (secondary N) is 2. The van der Waals surface area contributed by atoms with Crippen LogP contribution >= 0.6 is 0 Å². The van der Waals surface area contributed by atoms with Crippen molar-refractivity contribution in [1.29, 1.82) is 0 Å². The fourth-order valence-electron chi connectivity index (χ4n) is 3.78. The molecule has 4 bridgehead atoms. The van der Waals surface area contributed by atoms with E-state index in [0.29, 0.717) is 6.54 Å². The van der Waals surface area contributed by atoms with E-state index in [2.05, 4.69) is 32.3 Å². The van der Waals surface area contributed by atoms with E-state index in [1.54, 1.807) is 0 Å². The number of imidazole rings is 1. The Kier molecular flexibility index (Phi) is 9.23. The summed E-state index contributed by atoms with van der Waals surface area (Å²) in [5.74, 6) is 1.44. The van der Waals surface area contributed by atoms with Gasteiger partial charge in [-0.15, -0.1) is 0 Å². The monoisotopic (exact) mass is 458 g/mol. The molecule has 2 heterocycles. The van der Waals surface area contributed by atoms with Gasteiger partial charge in [-0.3, -0.25) is 4.79 Å². The summed E-state index contributed by atoms with van der Waals surface area (Å²) in [6.07, 6.45) is 4.48. The van der Waals surface area contributed by atoms with Crippen molar-refractivity contribution >= 4 is 22.4 Å². The molecule has 178 valence electrons. The quantitative estimate of drug-likeness (QED) is 0.338. The molecule has 0 saturated heterocycles. The number of carbonyl (C=O) groups is 1. The summed E-state index contributed by atoms with van der Waals surface area (Å²) < 4.78 is 8.27. The van der Waals surface area contributed by atoms with Crippen LogP contribution in [0.15, 0.2) is 73.2 Å². The molecule has 0 atom stereocenters. The minimum atomic E-state index is -0.0735. The zero-order valence-electron chi connectivity index (χ0n) is 20.5. The number of aromatic nitrogens is 2. The molecule has 34 heavy (non-hydrogen) atoms. The van der Waals surface area contributed by atoms with Crippen LogP contribution in [0.25, 0.3) is 10.8 Å². The highest BCUT2D eigenvalue weighted by Crippen LogP contribution is 2.30. The van der Waals surface area contributed by atoms with Crippen molar-refractivity contribution in [3.63, 3.8) is 0 Å². The Morgan fingerprint density at radius 3 is 2.59 bits per heavy atom. The maximum atomic E-state index is 12.5. The van der Waals surface area contributed by atoms with E-state index >= 15 is 0 Å². The molecule has 2 N–H and O–H groups in total. The van der Waals surface area contributed by atoms with Gasteiger partial charge >= 0.3 is 0 Å². The highest BCUT2D eigenvalue weighted by atomic mass is 16.5. The smallest absolute Gasteiger partial charge is 0.238 e. The first-order valence-corrected chi connectivity index (χ1v) is 12.0. The van der Waals surface area contributed by atoms with Gasteiger partial charge in [-0.05, 0) is 41.3 Å². The molecule has 5 rings (SSSR count). The summed E-state index contributed by atoms with van der Waals surface area (Å²) in [6.45, 7) is 9.67. The van der Waals surface area contributed by atoms with Gasteiger partial charge in [0, 0.05) is 42.5 Å². The van der Waals surface area contributed by atoms with E-state index in [-0.39, 0.29) is 12.5 Å². The Morgan fingerprint density at radius 1 is 0.941 bits per heavy atom. The Hall–Kier alpha value is -3.64. The lowest BCUT2D eigenvalue weighted by Crippen LogP contribution is -2.30. The van der Waals surface area contributed by atoms with Crippen LogP contribution < -0.4 is 15.4 Å². The van der Waals surface area contributed by atoms with E-state index < -0.39 is 0 Å². The van der Waals surface area contributed by atoms with Crippen molar-refractivity contribution in [1.82, 2.24) is 14.9 Å². The van der Waals surface area contributed by atoms with Gasteiger partial charge in [0.2, 0.25) is 5.91 Å². The molecule has 4 aromatic rings. The predicted octanol–water partition coefficient (Wildman–Crippen LogP) is 6.01. The highest BCUT2D eigenvalue weighted by molar-refractivity contribution is 6.03. The van der Waals surface area contributed by atoms with Crippen LogP contribution in [0.4, 0.5) is 5.69 Å². The Labute approximate surface area is 202 Å². The Morgan fingerprint density at radius 2 is 1.74 bits per heavy atom. The molecular weight excluding hydrogens is 424 g/mol. The molecule has 0 aliphatic carbocycles. The molecule has 3 aromatic carbocycles. The fraction of sp³-hybridized carbons (Fsp3) is 0.286. The lowest BCUT2D eigenvalue weighted by atomic mass is 10.1. The Balaban J connectivity index is 0.000000771. The minimum Gasteiger partial charge on any atom is -0.457 e. The average Bonchev–Trinajstić information content (AvgIpc) is 3.31. The number of carbonyl (C=O) groups excluding carboxylic acids is 1. The van der Waals surface area contributed by atoms with Crippen LogP contribution in [-0.2, 0) is 17.8 Å². The normalized spacial score (nSPS) is 13.2. The number of fused-ring (bicyclic) bond motifs is 4. The Bertz CT molecular complexity index is 1220. The molecule has 1 aliphatic heterocycles. The second-order valence-corrected chi connectivity index (χ2v) is 7.42. The second kappa shape index (κ2) is 12.6. The standard InChI is InChI=1S/C24H22N4O2.2C2H6/c29-24-15-25-9-10-28-16-26-14-19(28)11-17-3-1-5-20(12-17)30-21-8-7-18-4-2-6-23(27-24)22(18)13-21;2*1-2/h1-8,12-14,16,25H,9-11,15H2,(H,27,29);2*1-2H3. The van der Waals surface area contributed by atoms with Crippen LogP contribution in [-0.4, -0.2) is 28.5 Å². The van der Waals surface area contributed by atoms with E-state index in [9.17, 15) is 4.79 Å². The number of hydrogen-bond acceptors (Lipinski definition) is 4. The molecule has 1 aromatic heterocycles. The van der Waals surface area contributed by atoms with E-state index in [1.165, 1.54) is 0 Å². The zero-order valence-corrected chi connectivity index (χ0v) is 20.5. The van der Waals surface area contributed by atoms with E-state index in [4.69, 9.17) is 4.74 Å². The maximum absolute atomic E-state index is 12.5. The number of nitrogens with zero attached hydrogens (tertiary/aromatic N) is 2. The molecule has 1 amide bonds. The first kappa shape index (κ1) is 25.0. The number of hydrogen-bond donors (Lipinski definition) is 2. The largest absolute Gasteiger partial charge is 0.457 e. The molecule has 0 fully saturated rings. The van der Waals surface area contributed by atoms with Gasteiger partial charge in [0.05, 0.1) is 12.9 Å². The number of amides is 1. The summed E-state index contributed by atoms with van der Waals surface area (Å²) >= 11 is 0. The van der Waals surface area contributed by atoms with E-state index in [0.717, 1.165) is 52.2 Å². The first-order chi connectivity index (χ1) is 16.7. The van der Waals surface area contributed by atoms with Crippen LogP contribution in [0.2, 0.25) is 0 Å². The lowest BCUT2D eigenvalue weighted by molar-refractivity contribution is -0.115. The summed E-state index contributed by atoms with van der Waals surface area (Å²) in [7, 11) is 0. The number of anilines is 1. The average molecular weight is 459 g/mol. The van der Waals surface area contributed by atoms with Gasteiger partial charge in [0.25, 0.3) is 0 Å². The molecule has 6 heteroatoms. The summed E-state index contributed by atoms with van der Waals surface area (Å²) in [4.78, 5) is 16.8. The fourth-order valence-corrected chi connectivity index (χ4v) is 3.78. The third-order valence-corrected chi connectivity index (χ3v) is 5.26. The van der Waals surface area contributed by atoms with Crippen molar-refractivity contribution in [2.45, 2.75) is 40.7 Å². The zero-order chi connectivity index (χ0) is 24.3. The lowest BCUT2D eigenvalue weighted by Gasteiger charge is -2.12. The molecule has 1 aliphatic rings. The van der Waals surface area contributed by atoms with Gasteiger partial charge < -0.3 is 19.9 Å². The van der Waals surface area contributed by atoms with Crippen LogP contribution in [0.1, 0.15) is 39.0 Å². The maximum Gasteiger partial charge on any atom is 0.238 e. The molecule has 6 nitrogen and oxygen atoms in total. The highest BCUT2D eigenvalue weighted by Gasteiger charge is 2.10. The van der Waals surface area contributed by atoms with Crippen LogP contribution in [0.3, 0.4) is 0 Å². The van der Waals surface area contributed by atoms with Crippen LogP contribution in [0, 0.1) is 0 Å². The summed E-state index contributed by atoms with van der Waals surface area (Å²) in [5, 5.41) is 8.23. The number of benzene rings is 3. The molecule has 0 unspecified atom stereocenters. The molecular formula is C28H34N4O2. The SMILES string of the molecule is CC.CC.O=C1CNCCn2cncc2Cc2cccc(c2)Oc2ccc3cccc(c3c2)N1. The van der Waals surface area contributed by atoms with Gasteiger partial charge in [0.1, 0.15) is 11.5 Å². The third-order valence-electron chi connectivity index (χ3n) is 5.26. The minimum absolute atomic E-state index is 0.0735. The summed E-state index contributed by atoms with van der Waals surface area (Å²) in [6, 6.07) is 19.9. The van der Waals surface area contributed by atoms with E-state index in [1.807, 2.05) is 88.8 Å². The van der Waals surface area contributed by atoms with Crippen molar-refractivity contribution < 1.29 is 9.53 Å². The van der Waals surface area contributed by atoms with Gasteiger partial charge in [0.15, 0.2) is 0 Å². The number of rotatable bonds is 0. The van der Waals surface area contributed by atoms with Gasteiger partial charge in [-0.2, -0.15) is 0 Å². The molecule has 0 spiro atoms. The number of ether oxygens (including phenoxy) is 1. The molecule has 0 saturated carbocycles. The van der Waals surface area contributed by atoms with Crippen molar-refractivity contribution in [3.05, 3.63) is 84.4 Å². The van der Waals surface area contributed by atoms with Crippen LogP contribution in [0.5, 0.6) is 11.5 Å². The topological polar surface area (TPSA) is 68.2 Å². The van der Waals surface area contributed by atoms with Gasteiger partial charge in [-0.25, -0.2) is 4.98 Å². The van der Waals surface area contributed by atoms with Crippen molar-refractivity contribution in [3.8, 4) is 11.5 Å². The predicted molar refractivity (Wildman–Crippen MR) is 140 cm³/mol.